The molecule has 0 unspecified atom stereocenters. The Balaban J connectivity index is 2.59. The Morgan fingerprint density at radius 2 is 1.90 bits per heavy atom. The highest BCUT2D eigenvalue weighted by Crippen LogP contribution is 2.25. The molecule has 1 aromatic carbocycles. The van der Waals surface area contributed by atoms with E-state index in [1.54, 1.807) is 0 Å². The summed E-state index contributed by atoms with van der Waals surface area (Å²) in [4.78, 5) is 11.9. The molecule has 118 valence electrons. The zero-order valence-electron chi connectivity index (χ0n) is 12.1. The molecule has 0 aromatic heterocycles. The van der Waals surface area contributed by atoms with Crippen molar-refractivity contribution in [3.8, 4) is 0 Å². The monoisotopic (exact) mass is 332 g/mol. The van der Waals surface area contributed by atoms with Crippen LogP contribution in [0.2, 0.25) is 5.02 Å². The average Bonchev–Trinajstić information content (AvgIpc) is 2.40. The van der Waals surface area contributed by atoms with E-state index in [1.807, 2.05) is 0 Å². The number of benzene rings is 1. The minimum Gasteiger partial charge on any atom is -0.330 e. The molecule has 3 N–H and O–H groups in total. The molecule has 1 aromatic rings. The molecule has 0 aliphatic rings. The van der Waals surface area contributed by atoms with Gasteiger partial charge in [-0.05, 0) is 37.6 Å². The van der Waals surface area contributed by atoms with Crippen LogP contribution in [0.25, 0.3) is 0 Å². The van der Waals surface area contributed by atoms with Gasteiger partial charge < -0.3 is 11.1 Å². The highest BCUT2D eigenvalue weighted by atomic mass is 35.5. The Labute approximate surface area is 130 Å². The number of amides is 1. The number of unbranched alkanes of at least 4 members (excludes halogenated alkanes) is 3. The second kappa shape index (κ2) is 8.36. The first-order valence-corrected chi connectivity index (χ1v) is 9.11. The molecule has 0 saturated carbocycles. The van der Waals surface area contributed by atoms with E-state index in [-0.39, 0.29) is 10.8 Å². The van der Waals surface area contributed by atoms with Crippen LogP contribution in [0.3, 0.4) is 0 Å². The van der Waals surface area contributed by atoms with Crippen molar-refractivity contribution in [2.45, 2.75) is 37.0 Å². The predicted octanol–water partition coefficient (Wildman–Crippen LogP) is 2.59. The van der Waals surface area contributed by atoms with Crippen LogP contribution in [0.4, 0.5) is 5.69 Å². The molecule has 7 heteroatoms. The molecular formula is C14H21ClN2O3S. The summed E-state index contributed by atoms with van der Waals surface area (Å²) in [7, 11) is -3.33. The lowest BCUT2D eigenvalue weighted by molar-refractivity contribution is -0.116. The second-order valence-corrected chi connectivity index (χ2v) is 7.34. The predicted molar refractivity (Wildman–Crippen MR) is 85.3 cm³/mol. The third kappa shape index (κ3) is 6.46. The molecule has 1 amide bonds. The Morgan fingerprint density at radius 1 is 1.24 bits per heavy atom. The van der Waals surface area contributed by atoms with Crippen LogP contribution in [-0.2, 0) is 14.6 Å². The van der Waals surface area contributed by atoms with E-state index in [0.717, 1.165) is 31.9 Å². The number of nitrogens with one attached hydrogen (secondary N) is 1. The van der Waals surface area contributed by atoms with E-state index < -0.39 is 9.84 Å². The van der Waals surface area contributed by atoms with Crippen molar-refractivity contribution in [3.63, 3.8) is 0 Å². The van der Waals surface area contributed by atoms with Crippen LogP contribution in [0.1, 0.15) is 32.1 Å². The van der Waals surface area contributed by atoms with Crippen molar-refractivity contribution in [3.05, 3.63) is 23.2 Å². The number of nitrogens with two attached hydrogens (primary N) is 1. The molecule has 21 heavy (non-hydrogen) atoms. The van der Waals surface area contributed by atoms with Crippen LogP contribution in [0, 0.1) is 0 Å². The fraction of sp³-hybridized carbons (Fsp3) is 0.500. The molecule has 0 saturated heterocycles. The van der Waals surface area contributed by atoms with E-state index in [1.165, 1.54) is 18.2 Å². The molecular weight excluding hydrogens is 312 g/mol. The second-order valence-electron chi connectivity index (χ2n) is 4.91. The minimum atomic E-state index is -3.33. The van der Waals surface area contributed by atoms with Gasteiger partial charge in [0.05, 0.1) is 15.6 Å². The first-order valence-electron chi connectivity index (χ1n) is 6.84. The highest BCUT2D eigenvalue weighted by molar-refractivity contribution is 7.90. The van der Waals surface area contributed by atoms with Crippen LogP contribution in [-0.4, -0.2) is 27.1 Å². The molecule has 0 heterocycles. The number of carbonyl (C=O) groups is 1. The third-order valence-electron chi connectivity index (χ3n) is 3.00. The van der Waals surface area contributed by atoms with Gasteiger partial charge in [-0.1, -0.05) is 24.4 Å². The summed E-state index contributed by atoms with van der Waals surface area (Å²) in [6.07, 6.45) is 5.18. The molecule has 0 radical (unpaired) electrons. The standard InChI is InChI=1S/C14H21ClN2O3S/c1-21(19,20)11-7-8-12(15)13(10-11)17-14(18)6-4-2-3-5-9-16/h7-8,10H,2-6,9,16H2,1H3,(H,17,18). The summed E-state index contributed by atoms with van der Waals surface area (Å²) in [5.74, 6) is -0.171. The van der Waals surface area contributed by atoms with Crippen molar-refractivity contribution in [1.29, 1.82) is 0 Å². The number of hydrogen-bond acceptors (Lipinski definition) is 4. The van der Waals surface area contributed by atoms with Gasteiger partial charge in [-0.3, -0.25) is 4.79 Å². The van der Waals surface area contributed by atoms with Gasteiger partial charge in [0, 0.05) is 12.7 Å². The summed E-state index contributed by atoms with van der Waals surface area (Å²) in [6.45, 7) is 0.667. The zero-order chi connectivity index (χ0) is 15.9. The maximum absolute atomic E-state index is 11.8. The summed E-state index contributed by atoms with van der Waals surface area (Å²) < 4.78 is 23.0. The van der Waals surface area contributed by atoms with Gasteiger partial charge in [-0.15, -0.1) is 0 Å². The van der Waals surface area contributed by atoms with Crippen LogP contribution >= 0.6 is 11.6 Å². The van der Waals surface area contributed by atoms with E-state index in [0.29, 0.717) is 23.7 Å². The summed E-state index contributed by atoms with van der Waals surface area (Å²) in [6, 6.07) is 4.26. The van der Waals surface area contributed by atoms with Gasteiger partial charge in [0.25, 0.3) is 0 Å². The zero-order valence-corrected chi connectivity index (χ0v) is 13.6. The largest absolute Gasteiger partial charge is 0.330 e. The Morgan fingerprint density at radius 3 is 2.52 bits per heavy atom. The van der Waals surface area contributed by atoms with Gasteiger partial charge in [0.1, 0.15) is 0 Å². The highest BCUT2D eigenvalue weighted by Gasteiger charge is 2.12. The van der Waals surface area contributed by atoms with Crippen molar-refractivity contribution < 1.29 is 13.2 Å². The number of halogens is 1. The molecule has 0 spiro atoms. The van der Waals surface area contributed by atoms with Gasteiger partial charge in [-0.25, -0.2) is 8.42 Å². The molecule has 1 rings (SSSR count). The van der Waals surface area contributed by atoms with Crippen molar-refractivity contribution >= 4 is 33.0 Å². The quantitative estimate of drug-likeness (QED) is 0.716. The summed E-state index contributed by atoms with van der Waals surface area (Å²) >= 11 is 5.97. The minimum absolute atomic E-state index is 0.130. The van der Waals surface area contributed by atoms with E-state index in [2.05, 4.69) is 5.32 Å². The Hall–Kier alpha value is -1.11. The molecule has 0 bridgehead atoms. The van der Waals surface area contributed by atoms with Crippen LogP contribution in [0.15, 0.2) is 23.1 Å². The van der Waals surface area contributed by atoms with E-state index in [4.69, 9.17) is 17.3 Å². The lowest BCUT2D eigenvalue weighted by Crippen LogP contribution is -2.12. The van der Waals surface area contributed by atoms with Crippen LogP contribution < -0.4 is 11.1 Å². The third-order valence-corrected chi connectivity index (χ3v) is 4.44. The number of anilines is 1. The SMILES string of the molecule is CS(=O)(=O)c1ccc(Cl)c(NC(=O)CCCCCCN)c1. The smallest absolute Gasteiger partial charge is 0.224 e. The number of carbonyl (C=O) groups excluding carboxylic acids is 1. The fourth-order valence-electron chi connectivity index (χ4n) is 1.83. The molecule has 0 atom stereocenters. The number of sulfone groups is 1. The van der Waals surface area contributed by atoms with E-state index in [9.17, 15) is 13.2 Å². The van der Waals surface area contributed by atoms with Gasteiger partial charge in [0.15, 0.2) is 9.84 Å². The van der Waals surface area contributed by atoms with Crippen LogP contribution in [0.5, 0.6) is 0 Å². The first-order chi connectivity index (χ1) is 9.84. The number of hydrogen-bond donors (Lipinski definition) is 2. The Kier molecular flexibility index (Phi) is 7.14. The summed E-state index contributed by atoms with van der Waals surface area (Å²) in [5.41, 5.74) is 5.72. The molecule has 0 aliphatic heterocycles. The van der Waals surface area contributed by atoms with Gasteiger partial charge in [0.2, 0.25) is 5.91 Å². The molecule has 0 fully saturated rings. The fourth-order valence-corrected chi connectivity index (χ4v) is 2.64. The van der Waals surface area contributed by atoms with Gasteiger partial charge in [-0.2, -0.15) is 0 Å². The topological polar surface area (TPSA) is 89.3 Å². The molecule has 5 nitrogen and oxygen atoms in total. The first kappa shape index (κ1) is 17.9. The average molecular weight is 333 g/mol. The van der Waals surface area contributed by atoms with E-state index >= 15 is 0 Å². The van der Waals surface area contributed by atoms with Crippen molar-refractivity contribution in [2.75, 3.05) is 18.1 Å². The number of rotatable bonds is 8. The molecule has 0 aliphatic carbocycles. The van der Waals surface area contributed by atoms with Gasteiger partial charge >= 0.3 is 0 Å². The normalized spacial score (nSPS) is 11.4. The summed E-state index contributed by atoms with van der Waals surface area (Å²) in [5, 5.41) is 2.97. The lowest BCUT2D eigenvalue weighted by Gasteiger charge is -2.09. The maximum Gasteiger partial charge on any atom is 0.224 e. The van der Waals surface area contributed by atoms with Crippen molar-refractivity contribution in [2.24, 2.45) is 5.73 Å². The lowest BCUT2D eigenvalue weighted by atomic mass is 10.1. The maximum atomic E-state index is 11.8. The Bertz CT molecular complexity index is 588. The van der Waals surface area contributed by atoms with Crippen molar-refractivity contribution in [1.82, 2.24) is 0 Å².